The van der Waals surface area contributed by atoms with Crippen molar-refractivity contribution in [1.82, 2.24) is 0 Å². The number of carboxylic acids is 1. The summed E-state index contributed by atoms with van der Waals surface area (Å²) < 4.78 is 0. The van der Waals surface area contributed by atoms with Gasteiger partial charge in [0, 0.05) is 12.5 Å². The average Bonchev–Trinajstić information content (AvgIpc) is 2.34. The molecule has 0 aliphatic rings. The molecule has 0 aliphatic heterocycles. The number of carbonyl (C=O) groups is 2. The molecule has 0 fully saturated rings. The van der Waals surface area contributed by atoms with Crippen molar-refractivity contribution in [2.24, 2.45) is 0 Å². The molecule has 0 aliphatic carbocycles. The van der Waals surface area contributed by atoms with Crippen molar-refractivity contribution >= 4 is 11.8 Å². The van der Waals surface area contributed by atoms with Gasteiger partial charge in [-0.2, -0.15) is 0 Å². The molecule has 0 spiro atoms. The zero-order chi connectivity index (χ0) is 13.6. The van der Waals surface area contributed by atoms with Crippen LogP contribution in [0.1, 0.15) is 71.1 Å². The molecule has 0 amide bonds. The van der Waals surface area contributed by atoms with Crippen molar-refractivity contribution in [1.29, 1.82) is 0 Å². The molecule has 0 aromatic rings. The van der Waals surface area contributed by atoms with Crippen LogP contribution in [0.15, 0.2) is 12.2 Å². The van der Waals surface area contributed by atoms with Crippen molar-refractivity contribution < 1.29 is 14.7 Å². The lowest BCUT2D eigenvalue weighted by Gasteiger charge is -2.00. The average molecular weight is 254 g/mol. The fourth-order valence-electron chi connectivity index (χ4n) is 1.86. The second-order valence-corrected chi connectivity index (χ2v) is 4.72. The molecule has 0 heterocycles. The number of rotatable bonds is 12. The first-order chi connectivity index (χ1) is 8.66. The summed E-state index contributed by atoms with van der Waals surface area (Å²) in [6, 6.07) is 0. The summed E-state index contributed by atoms with van der Waals surface area (Å²) in [5, 5.41) is 8.35. The zero-order valence-corrected chi connectivity index (χ0v) is 11.5. The number of unbranched alkanes of at least 4 members (excludes halogenated alkanes) is 8. The third-order valence-corrected chi connectivity index (χ3v) is 2.94. The van der Waals surface area contributed by atoms with Crippen LogP contribution < -0.4 is 0 Å². The normalized spacial score (nSPS) is 10.9. The van der Waals surface area contributed by atoms with E-state index in [2.05, 4.69) is 6.92 Å². The maximum Gasteiger partial charge on any atom is 0.328 e. The van der Waals surface area contributed by atoms with Crippen LogP contribution in [0.2, 0.25) is 0 Å². The van der Waals surface area contributed by atoms with E-state index >= 15 is 0 Å². The van der Waals surface area contributed by atoms with Crippen LogP contribution in [0.4, 0.5) is 0 Å². The molecular weight excluding hydrogens is 228 g/mol. The molecule has 3 heteroatoms. The van der Waals surface area contributed by atoms with Crippen LogP contribution in [0.3, 0.4) is 0 Å². The molecule has 1 N–H and O–H groups in total. The lowest BCUT2D eigenvalue weighted by Crippen LogP contribution is -1.95. The Morgan fingerprint density at radius 3 is 1.83 bits per heavy atom. The molecule has 0 aromatic heterocycles. The Morgan fingerprint density at radius 2 is 1.33 bits per heavy atom. The lowest BCUT2D eigenvalue weighted by atomic mass is 10.1. The molecule has 18 heavy (non-hydrogen) atoms. The van der Waals surface area contributed by atoms with Gasteiger partial charge in [-0.1, -0.05) is 58.3 Å². The van der Waals surface area contributed by atoms with E-state index in [0.29, 0.717) is 6.42 Å². The molecule has 0 unspecified atom stereocenters. The van der Waals surface area contributed by atoms with Gasteiger partial charge in [0.2, 0.25) is 0 Å². The zero-order valence-electron chi connectivity index (χ0n) is 11.5. The largest absolute Gasteiger partial charge is 0.478 e. The van der Waals surface area contributed by atoms with Crippen LogP contribution in [0.5, 0.6) is 0 Å². The minimum Gasteiger partial charge on any atom is -0.478 e. The van der Waals surface area contributed by atoms with Gasteiger partial charge in [0.25, 0.3) is 0 Å². The Labute approximate surface area is 110 Å². The van der Waals surface area contributed by atoms with E-state index in [1.54, 1.807) is 0 Å². The molecule has 0 rings (SSSR count). The van der Waals surface area contributed by atoms with Crippen LogP contribution >= 0.6 is 0 Å². The van der Waals surface area contributed by atoms with Crippen LogP contribution in [-0.2, 0) is 9.59 Å². The number of allylic oxidation sites excluding steroid dienone is 1. The van der Waals surface area contributed by atoms with E-state index in [9.17, 15) is 9.59 Å². The van der Waals surface area contributed by atoms with Crippen molar-refractivity contribution in [2.75, 3.05) is 0 Å². The third-order valence-electron chi connectivity index (χ3n) is 2.94. The lowest BCUT2D eigenvalue weighted by molar-refractivity contribution is -0.131. The van der Waals surface area contributed by atoms with Crippen molar-refractivity contribution in [2.45, 2.75) is 71.1 Å². The second-order valence-electron chi connectivity index (χ2n) is 4.72. The Morgan fingerprint density at radius 1 is 0.833 bits per heavy atom. The van der Waals surface area contributed by atoms with Gasteiger partial charge in [-0.3, -0.25) is 4.79 Å². The van der Waals surface area contributed by atoms with Gasteiger partial charge in [-0.05, 0) is 12.5 Å². The summed E-state index contributed by atoms with van der Waals surface area (Å²) in [4.78, 5) is 21.4. The van der Waals surface area contributed by atoms with Gasteiger partial charge in [0.05, 0.1) is 0 Å². The number of carboxylic acid groups (broad SMARTS) is 1. The van der Waals surface area contributed by atoms with Gasteiger partial charge in [-0.25, -0.2) is 4.79 Å². The SMILES string of the molecule is CCCCCCCCCCCC(=O)C=CC(=O)O. The minimum atomic E-state index is -1.06. The topological polar surface area (TPSA) is 54.4 Å². The number of carbonyl (C=O) groups excluding carboxylic acids is 1. The van der Waals surface area contributed by atoms with Gasteiger partial charge < -0.3 is 5.11 Å². The highest BCUT2D eigenvalue weighted by molar-refractivity contribution is 5.95. The number of ketones is 1. The quantitative estimate of drug-likeness (QED) is 0.421. The first-order valence-corrected chi connectivity index (χ1v) is 7.10. The minimum absolute atomic E-state index is 0.0830. The third kappa shape index (κ3) is 12.9. The van der Waals surface area contributed by atoms with E-state index in [0.717, 1.165) is 25.0 Å². The summed E-state index contributed by atoms with van der Waals surface area (Å²) in [7, 11) is 0. The monoisotopic (exact) mass is 254 g/mol. The Kier molecular flexibility index (Phi) is 11.6. The molecule has 0 bridgehead atoms. The fraction of sp³-hybridized carbons (Fsp3) is 0.733. The summed E-state index contributed by atoms with van der Waals surface area (Å²) >= 11 is 0. The molecular formula is C15H26O3. The standard InChI is InChI=1S/C15H26O3/c1-2-3-4-5-6-7-8-9-10-11-14(16)12-13-15(17)18/h12-13H,2-11H2,1H3,(H,17,18). The van der Waals surface area contributed by atoms with Gasteiger partial charge in [0.1, 0.15) is 0 Å². The summed E-state index contributed by atoms with van der Waals surface area (Å²) in [6.45, 7) is 2.22. The Bertz CT molecular complexity index is 256. The summed E-state index contributed by atoms with van der Waals surface area (Å²) in [5.74, 6) is -1.14. The number of hydrogen-bond acceptors (Lipinski definition) is 2. The molecule has 3 nitrogen and oxygen atoms in total. The van der Waals surface area contributed by atoms with E-state index in [1.165, 1.54) is 44.9 Å². The number of hydrogen-bond donors (Lipinski definition) is 1. The maximum absolute atomic E-state index is 11.2. The first-order valence-electron chi connectivity index (χ1n) is 7.10. The van der Waals surface area contributed by atoms with Crippen LogP contribution in [0, 0.1) is 0 Å². The predicted octanol–water partition coefficient (Wildman–Crippen LogP) is 4.12. The molecule has 0 atom stereocenters. The summed E-state index contributed by atoms with van der Waals surface area (Å²) in [5.41, 5.74) is 0. The maximum atomic E-state index is 11.2. The summed E-state index contributed by atoms with van der Waals surface area (Å²) in [6.07, 6.45) is 13.5. The highest BCUT2D eigenvalue weighted by atomic mass is 16.4. The molecule has 0 saturated carbocycles. The highest BCUT2D eigenvalue weighted by Crippen LogP contribution is 2.10. The van der Waals surface area contributed by atoms with Gasteiger partial charge in [0.15, 0.2) is 5.78 Å². The highest BCUT2D eigenvalue weighted by Gasteiger charge is 1.98. The molecule has 0 aromatic carbocycles. The predicted molar refractivity (Wildman–Crippen MR) is 73.6 cm³/mol. The van der Waals surface area contributed by atoms with E-state index in [1.807, 2.05) is 0 Å². The fourth-order valence-corrected chi connectivity index (χ4v) is 1.86. The molecule has 104 valence electrons. The second kappa shape index (κ2) is 12.3. The van der Waals surface area contributed by atoms with Crippen LogP contribution in [-0.4, -0.2) is 16.9 Å². The number of aliphatic carboxylic acids is 1. The van der Waals surface area contributed by atoms with Crippen LogP contribution in [0.25, 0.3) is 0 Å². The van der Waals surface area contributed by atoms with E-state index in [-0.39, 0.29) is 5.78 Å². The Balaban J connectivity index is 3.25. The molecule has 0 saturated heterocycles. The Hall–Kier alpha value is -1.12. The first kappa shape index (κ1) is 16.9. The van der Waals surface area contributed by atoms with Gasteiger partial charge in [-0.15, -0.1) is 0 Å². The van der Waals surface area contributed by atoms with Crippen molar-refractivity contribution in [3.05, 3.63) is 12.2 Å². The van der Waals surface area contributed by atoms with E-state index < -0.39 is 5.97 Å². The van der Waals surface area contributed by atoms with Crippen molar-refractivity contribution in [3.63, 3.8) is 0 Å². The van der Waals surface area contributed by atoms with E-state index in [4.69, 9.17) is 5.11 Å². The van der Waals surface area contributed by atoms with Gasteiger partial charge >= 0.3 is 5.97 Å². The van der Waals surface area contributed by atoms with Crippen molar-refractivity contribution in [3.8, 4) is 0 Å². The smallest absolute Gasteiger partial charge is 0.328 e. The molecule has 0 radical (unpaired) electrons.